The molecule has 3 N–H and O–H groups in total. The van der Waals surface area contributed by atoms with Crippen molar-refractivity contribution in [2.24, 2.45) is 4.99 Å². The Hall–Kier alpha value is -2.18. The van der Waals surface area contributed by atoms with Gasteiger partial charge in [0, 0.05) is 18.4 Å². The third-order valence-electron chi connectivity index (χ3n) is 3.99. The first-order valence-corrected chi connectivity index (χ1v) is 7.62. The second-order valence-electron chi connectivity index (χ2n) is 5.65. The molecule has 0 radical (unpaired) electrons. The predicted octanol–water partition coefficient (Wildman–Crippen LogP) is 1.63. The Balaban J connectivity index is 1.59. The van der Waals surface area contributed by atoms with E-state index < -0.39 is 18.9 Å². The molecule has 122 valence electrons. The Morgan fingerprint density at radius 3 is 2.70 bits per heavy atom. The molecule has 6 heteroatoms. The lowest BCUT2D eigenvalue weighted by atomic mass is 10.1. The number of nitrogens with one attached hydrogen (secondary N) is 1. The molecule has 3 atom stereocenters. The van der Waals surface area contributed by atoms with Crippen LogP contribution in [0.15, 0.2) is 53.7 Å². The first-order chi connectivity index (χ1) is 11.2. The number of benzene rings is 1. The molecule has 0 fully saturated rings. The molecule has 0 aliphatic carbocycles. The van der Waals surface area contributed by atoms with Gasteiger partial charge in [-0.25, -0.2) is 4.39 Å². The van der Waals surface area contributed by atoms with E-state index in [1.54, 1.807) is 0 Å². The number of anilines is 1. The Morgan fingerprint density at radius 1 is 1.22 bits per heavy atom. The van der Waals surface area contributed by atoms with Crippen molar-refractivity contribution >= 4 is 11.5 Å². The average Bonchev–Trinajstić information content (AvgIpc) is 3.03. The van der Waals surface area contributed by atoms with Crippen LogP contribution in [0, 0.1) is 0 Å². The first-order valence-electron chi connectivity index (χ1n) is 7.62. The van der Waals surface area contributed by atoms with Crippen molar-refractivity contribution in [3.63, 3.8) is 0 Å². The van der Waals surface area contributed by atoms with Gasteiger partial charge in [-0.3, -0.25) is 4.99 Å². The standard InChI is InChI=1S/C17H20FN3O2/c18-9-15(22)16(23)10-19-13-6-4-12(5-7-13)14-11-21-8-2-1-3-17(21)20-14/h1-8,14-16,19,22-23H,9-11H2. The first kappa shape index (κ1) is 15.7. The zero-order valence-electron chi connectivity index (χ0n) is 12.6. The van der Waals surface area contributed by atoms with Crippen LogP contribution in [0.5, 0.6) is 0 Å². The van der Waals surface area contributed by atoms with Gasteiger partial charge in [-0.2, -0.15) is 0 Å². The maximum absolute atomic E-state index is 12.3. The van der Waals surface area contributed by atoms with Crippen molar-refractivity contribution in [2.75, 3.05) is 25.1 Å². The minimum Gasteiger partial charge on any atom is -0.388 e. The largest absolute Gasteiger partial charge is 0.388 e. The van der Waals surface area contributed by atoms with Crippen LogP contribution in [0.3, 0.4) is 0 Å². The molecule has 0 aromatic heterocycles. The van der Waals surface area contributed by atoms with Crippen molar-refractivity contribution in [3.8, 4) is 0 Å². The molecule has 2 aliphatic rings. The number of hydrogen-bond acceptors (Lipinski definition) is 5. The topological polar surface area (TPSA) is 68.1 Å². The van der Waals surface area contributed by atoms with Crippen LogP contribution in [0.1, 0.15) is 11.6 Å². The number of hydrogen-bond donors (Lipinski definition) is 3. The summed E-state index contributed by atoms with van der Waals surface area (Å²) in [6.45, 7) is -0.0346. The summed E-state index contributed by atoms with van der Waals surface area (Å²) in [4.78, 5) is 6.80. The molecule has 3 unspecified atom stereocenters. The van der Waals surface area contributed by atoms with Crippen LogP contribution in [-0.2, 0) is 0 Å². The van der Waals surface area contributed by atoms with E-state index in [1.807, 2.05) is 48.7 Å². The van der Waals surface area contributed by atoms with E-state index in [0.29, 0.717) is 0 Å². The fraction of sp³-hybridized carbons (Fsp3) is 0.353. The molecule has 0 bridgehead atoms. The molecule has 5 nitrogen and oxygen atoms in total. The minimum atomic E-state index is -1.35. The van der Waals surface area contributed by atoms with E-state index in [1.165, 1.54) is 0 Å². The third kappa shape index (κ3) is 3.60. The fourth-order valence-electron chi connectivity index (χ4n) is 2.59. The van der Waals surface area contributed by atoms with E-state index in [2.05, 4.69) is 15.2 Å². The summed E-state index contributed by atoms with van der Waals surface area (Å²) >= 11 is 0. The van der Waals surface area contributed by atoms with Gasteiger partial charge in [0.2, 0.25) is 0 Å². The number of aliphatic hydroxyl groups excluding tert-OH is 2. The molecular formula is C17H20FN3O2. The van der Waals surface area contributed by atoms with Crippen molar-refractivity contribution in [2.45, 2.75) is 18.2 Å². The number of aliphatic imine (C=N–C) groups is 1. The van der Waals surface area contributed by atoms with E-state index >= 15 is 0 Å². The summed E-state index contributed by atoms with van der Waals surface area (Å²) in [6, 6.07) is 7.87. The van der Waals surface area contributed by atoms with Crippen LogP contribution in [0.25, 0.3) is 0 Å². The number of halogens is 1. The van der Waals surface area contributed by atoms with Crippen LogP contribution in [0.4, 0.5) is 10.1 Å². The Labute approximate surface area is 134 Å². The third-order valence-corrected chi connectivity index (χ3v) is 3.99. The summed E-state index contributed by atoms with van der Waals surface area (Å²) in [7, 11) is 0. The van der Waals surface area contributed by atoms with Gasteiger partial charge >= 0.3 is 0 Å². The molecule has 3 rings (SSSR count). The molecule has 1 aromatic carbocycles. The maximum atomic E-state index is 12.3. The maximum Gasteiger partial charge on any atom is 0.128 e. The zero-order valence-corrected chi connectivity index (χ0v) is 12.6. The summed E-state index contributed by atoms with van der Waals surface area (Å²) in [6.07, 6.45) is 5.50. The van der Waals surface area contributed by atoms with Crippen LogP contribution in [0.2, 0.25) is 0 Å². The lowest BCUT2D eigenvalue weighted by molar-refractivity contribution is 0.0130. The highest BCUT2D eigenvalue weighted by molar-refractivity contribution is 5.96. The number of rotatable bonds is 6. The number of nitrogens with zero attached hydrogens (tertiary/aromatic N) is 2. The average molecular weight is 317 g/mol. The fourth-order valence-corrected chi connectivity index (χ4v) is 2.59. The number of fused-ring (bicyclic) bond motifs is 1. The van der Waals surface area contributed by atoms with Gasteiger partial charge in [0.1, 0.15) is 18.6 Å². The summed E-state index contributed by atoms with van der Waals surface area (Å²) < 4.78 is 12.3. The summed E-state index contributed by atoms with van der Waals surface area (Å²) in [5.41, 5.74) is 1.92. The number of amidine groups is 1. The number of aliphatic hydroxyl groups is 2. The monoisotopic (exact) mass is 317 g/mol. The Kier molecular flexibility index (Phi) is 4.73. The summed E-state index contributed by atoms with van der Waals surface area (Å²) in [5, 5.41) is 21.7. The normalized spacial score (nSPS) is 21.8. The lowest BCUT2D eigenvalue weighted by Crippen LogP contribution is -2.34. The van der Waals surface area contributed by atoms with Gasteiger partial charge in [-0.15, -0.1) is 0 Å². The van der Waals surface area contributed by atoms with Crippen LogP contribution >= 0.6 is 0 Å². The van der Waals surface area contributed by atoms with Crippen molar-refractivity contribution in [1.29, 1.82) is 0 Å². The predicted molar refractivity (Wildman–Crippen MR) is 88.1 cm³/mol. The second kappa shape index (κ2) is 6.93. The van der Waals surface area contributed by atoms with Gasteiger partial charge in [-0.05, 0) is 29.8 Å². The van der Waals surface area contributed by atoms with Gasteiger partial charge in [0.25, 0.3) is 0 Å². The highest BCUT2D eigenvalue weighted by Gasteiger charge is 2.24. The van der Waals surface area contributed by atoms with E-state index in [9.17, 15) is 14.6 Å². The second-order valence-corrected chi connectivity index (χ2v) is 5.65. The van der Waals surface area contributed by atoms with Gasteiger partial charge < -0.3 is 20.4 Å². The van der Waals surface area contributed by atoms with Crippen molar-refractivity contribution in [1.82, 2.24) is 4.90 Å². The van der Waals surface area contributed by atoms with Crippen molar-refractivity contribution in [3.05, 3.63) is 54.3 Å². The molecule has 2 heterocycles. The SMILES string of the molecule is OC(CF)C(O)CNc1ccc(C2CN3C=CC=CC3=N2)cc1. The van der Waals surface area contributed by atoms with E-state index in [-0.39, 0.29) is 12.6 Å². The smallest absolute Gasteiger partial charge is 0.128 e. The van der Waals surface area contributed by atoms with Gasteiger partial charge in [0.05, 0.1) is 18.7 Å². The molecule has 0 saturated carbocycles. The molecule has 0 saturated heterocycles. The molecular weight excluding hydrogens is 297 g/mol. The van der Waals surface area contributed by atoms with E-state index in [4.69, 9.17) is 0 Å². The highest BCUT2D eigenvalue weighted by atomic mass is 19.1. The molecule has 0 amide bonds. The molecule has 23 heavy (non-hydrogen) atoms. The molecule has 0 spiro atoms. The minimum absolute atomic E-state index is 0.0968. The number of allylic oxidation sites excluding steroid dienone is 2. The Bertz CT molecular complexity index is 627. The van der Waals surface area contributed by atoms with Crippen LogP contribution in [-0.4, -0.2) is 52.9 Å². The molecule has 2 aliphatic heterocycles. The van der Waals surface area contributed by atoms with Gasteiger partial charge in [0.15, 0.2) is 0 Å². The summed E-state index contributed by atoms with van der Waals surface area (Å²) in [5.74, 6) is 0.975. The Morgan fingerprint density at radius 2 is 2.00 bits per heavy atom. The van der Waals surface area contributed by atoms with E-state index in [0.717, 1.165) is 23.6 Å². The zero-order chi connectivity index (χ0) is 16.2. The van der Waals surface area contributed by atoms with Crippen LogP contribution < -0.4 is 5.32 Å². The number of alkyl halides is 1. The molecule has 1 aromatic rings. The quantitative estimate of drug-likeness (QED) is 0.746. The van der Waals surface area contributed by atoms with Crippen molar-refractivity contribution < 1.29 is 14.6 Å². The highest BCUT2D eigenvalue weighted by Crippen LogP contribution is 2.27. The van der Waals surface area contributed by atoms with Gasteiger partial charge in [-0.1, -0.05) is 18.2 Å². The lowest BCUT2D eigenvalue weighted by Gasteiger charge is -2.17.